The summed E-state index contributed by atoms with van der Waals surface area (Å²) >= 11 is 0. The lowest BCUT2D eigenvalue weighted by Crippen LogP contribution is -2.15. The fourth-order valence-electron chi connectivity index (χ4n) is 1.22. The SMILES string of the molecule is CCOc1cc(C(=O)O)ccc1OC(=O)C(C)C. The number of carbonyl (C=O) groups excluding carboxylic acids is 1. The highest BCUT2D eigenvalue weighted by Crippen LogP contribution is 2.29. The topological polar surface area (TPSA) is 72.8 Å². The van der Waals surface area contributed by atoms with E-state index in [-0.39, 0.29) is 28.9 Å². The van der Waals surface area contributed by atoms with Crippen molar-refractivity contribution in [2.24, 2.45) is 5.92 Å². The Labute approximate surface area is 105 Å². The molecular formula is C13H16O5. The molecule has 1 rings (SSSR count). The number of hydrogen-bond acceptors (Lipinski definition) is 4. The number of benzene rings is 1. The number of aromatic carboxylic acids is 1. The molecule has 0 atom stereocenters. The van der Waals surface area contributed by atoms with E-state index in [9.17, 15) is 9.59 Å². The van der Waals surface area contributed by atoms with E-state index in [4.69, 9.17) is 14.6 Å². The molecule has 5 nitrogen and oxygen atoms in total. The van der Waals surface area contributed by atoms with Gasteiger partial charge in [-0.05, 0) is 25.1 Å². The van der Waals surface area contributed by atoms with Gasteiger partial charge in [-0.25, -0.2) is 4.79 Å². The van der Waals surface area contributed by atoms with Gasteiger partial charge in [0.25, 0.3) is 0 Å². The predicted molar refractivity (Wildman–Crippen MR) is 65.0 cm³/mol. The summed E-state index contributed by atoms with van der Waals surface area (Å²) in [5, 5.41) is 8.88. The number of ether oxygens (including phenoxy) is 2. The number of esters is 1. The zero-order valence-electron chi connectivity index (χ0n) is 10.6. The lowest BCUT2D eigenvalue weighted by molar-refractivity contribution is -0.137. The lowest BCUT2D eigenvalue weighted by Gasteiger charge is -2.12. The maximum absolute atomic E-state index is 11.5. The van der Waals surface area contributed by atoms with Crippen molar-refractivity contribution >= 4 is 11.9 Å². The Balaban J connectivity index is 3.03. The van der Waals surface area contributed by atoms with E-state index in [1.54, 1.807) is 20.8 Å². The van der Waals surface area contributed by atoms with Crippen molar-refractivity contribution in [3.63, 3.8) is 0 Å². The molecule has 5 heteroatoms. The number of rotatable bonds is 5. The Morgan fingerprint density at radius 1 is 1.28 bits per heavy atom. The molecule has 0 spiro atoms. The summed E-state index contributed by atoms with van der Waals surface area (Å²) in [6.45, 7) is 5.55. The molecule has 1 aromatic carbocycles. The molecule has 0 saturated carbocycles. The van der Waals surface area contributed by atoms with Gasteiger partial charge in [-0.1, -0.05) is 13.8 Å². The number of carboxylic acids is 1. The first-order chi connectivity index (χ1) is 8.45. The molecule has 0 aromatic heterocycles. The summed E-state index contributed by atoms with van der Waals surface area (Å²) in [5.41, 5.74) is 0.0859. The van der Waals surface area contributed by atoms with E-state index < -0.39 is 5.97 Å². The van der Waals surface area contributed by atoms with Crippen LogP contribution in [-0.2, 0) is 4.79 Å². The summed E-state index contributed by atoms with van der Waals surface area (Å²) in [6.07, 6.45) is 0. The monoisotopic (exact) mass is 252 g/mol. The second kappa shape index (κ2) is 6.05. The Morgan fingerprint density at radius 2 is 1.94 bits per heavy atom. The van der Waals surface area contributed by atoms with Crippen LogP contribution in [0.25, 0.3) is 0 Å². The molecule has 0 amide bonds. The van der Waals surface area contributed by atoms with E-state index >= 15 is 0 Å². The molecule has 0 saturated heterocycles. The van der Waals surface area contributed by atoms with Gasteiger partial charge in [-0.3, -0.25) is 4.79 Å². The molecule has 1 N–H and O–H groups in total. The minimum Gasteiger partial charge on any atom is -0.490 e. The highest BCUT2D eigenvalue weighted by Gasteiger charge is 2.15. The summed E-state index contributed by atoms with van der Waals surface area (Å²) in [7, 11) is 0. The molecule has 0 bridgehead atoms. The highest BCUT2D eigenvalue weighted by atomic mass is 16.6. The first-order valence-electron chi connectivity index (χ1n) is 5.67. The second-order valence-corrected chi connectivity index (χ2v) is 3.98. The van der Waals surface area contributed by atoms with Crippen molar-refractivity contribution in [2.75, 3.05) is 6.61 Å². The molecule has 0 heterocycles. The normalized spacial score (nSPS) is 10.2. The fourth-order valence-corrected chi connectivity index (χ4v) is 1.22. The molecule has 0 aliphatic rings. The minimum atomic E-state index is -1.06. The quantitative estimate of drug-likeness (QED) is 0.643. The average Bonchev–Trinajstić information content (AvgIpc) is 2.31. The van der Waals surface area contributed by atoms with Gasteiger partial charge in [-0.15, -0.1) is 0 Å². The fraction of sp³-hybridized carbons (Fsp3) is 0.385. The van der Waals surface area contributed by atoms with Crippen molar-refractivity contribution in [1.82, 2.24) is 0 Å². The lowest BCUT2D eigenvalue weighted by atomic mass is 10.2. The summed E-state index contributed by atoms with van der Waals surface area (Å²) in [4.78, 5) is 22.3. The Morgan fingerprint density at radius 3 is 2.44 bits per heavy atom. The molecule has 0 aliphatic carbocycles. The molecule has 0 radical (unpaired) electrons. The Hall–Kier alpha value is -2.04. The van der Waals surface area contributed by atoms with Gasteiger partial charge in [0, 0.05) is 0 Å². The molecule has 98 valence electrons. The van der Waals surface area contributed by atoms with Crippen molar-refractivity contribution < 1.29 is 24.2 Å². The third-order valence-corrected chi connectivity index (χ3v) is 2.17. The van der Waals surface area contributed by atoms with Crippen LogP contribution < -0.4 is 9.47 Å². The second-order valence-electron chi connectivity index (χ2n) is 3.98. The molecule has 0 fully saturated rings. The average molecular weight is 252 g/mol. The van der Waals surface area contributed by atoms with Gasteiger partial charge in [-0.2, -0.15) is 0 Å². The maximum Gasteiger partial charge on any atom is 0.335 e. The molecular weight excluding hydrogens is 236 g/mol. The minimum absolute atomic E-state index is 0.0859. The molecule has 18 heavy (non-hydrogen) atoms. The van der Waals surface area contributed by atoms with Gasteiger partial charge in [0.1, 0.15) is 0 Å². The predicted octanol–water partition coefficient (Wildman–Crippen LogP) is 2.34. The van der Waals surface area contributed by atoms with Gasteiger partial charge >= 0.3 is 11.9 Å². The third kappa shape index (κ3) is 3.48. The van der Waals surface area contributed by atoms with Crippen LogP contribution in [0.3, 0.4) is 0 Å². The van der Waals surface area contributed by atoms with Crippen LogP contribution in [0.4, 0.5) is 0 Å². The van der Waals surface area contributed by atoms with Crippen molar-refractivity contribution in [2.45, 2.75) is 20.8 Å². The van der Waals surface area contributed by atoms with Crippen molar-refractivity contribution in [3.8, 4) is 11.5 Å². The largest absolute Gasteiger partial charge is 0.490 e. The van der Waals surface area contributed by atoms with Crippen LogP contribution in [0.2, 0.25) is 0 Å². The van der Waals surface area contributed by atoms with Gasteiger partial charge in [0.15, 0.2) is 11.5 Å². The van der Waals surface area contributed by atoms with E-state index in [1.165, 1.54) is 18.2 Å². The molecule has 0 unspecified atom stereocenters. The maximum atomic E-state index is 11.5. The van der Waals surface area contributed by atoms with Crippen LogP contribution in [0, 0.1) is 5.92 Å². The Bertz CT molecular complexity index is 451. The summed E-state index contributed by atoms with van der Waals surface area (Å²) in [5.74, 6) is -1.22. The number of carbonyl (C=O) groups is 2. The van der Waals surface area contributed by atoms with Crippen LogP contribution in [0.5, 0.6) is 11.5 Å². The zero-order chi connectivity index (χ0) is 13.7. The van der Waals surface area contributed by atoms with Crippen LogP contribution in [-0.4, -0.2) is 23.7 Å². The van der Waals surface area contributed by atoms with Gasteiger partial charge in [0.05, 0.1) is 18.1 Å². The highest BCUT2D eigenvalue weighted by molar-refractivity contribution is 5.88. The molecule has 1 aromatic rings. The van der Waals surface area contributed by atoms with Crippen molar-refractivity contribution in [3.05, 3.63) is 23.8 Å². The van der Waals surface area contributed by atoms with E-state index in [2.05, 4.69) is 0 Å². The molecule has 0 aliphatic heterocycles. The van der Waals surface area contributed by atoms with Crippen molar-refractivity contribution in [1.29, 1.82) is 0 Å². The third-order valence-electron chi connectivity index (χ3n) is 2.17. The first-order valence-corrected chi connectivity index (χ1v) is 5.67. The van der Waals surface area contributed by atoms with E-state index in [0.717, 1.165) is 0 Å². The van der Waals surface area contributed by atoms with Crippen LogP contribution in [0.15, 0.2) is 18.2 Å². The van der Waals surface area contributed by atoms with E-state index in [1.807, 2.05) is 0 Å². The number of carboxylic acid groups (broad SMARTS) is 1. The van der Waals surface area contributed by atoms with E-state index in [0.29, 0.717) is 6.61 Å². The van der Waals surface area contributed by atoms with Gasteiger partial charge in [0.2, 0.25) is 0 Å². The Kier molecular flexibility index (Phi) is 4.71. The van der Waals surface area contributed by atoms with Gasteiger partial charge < -0.3 is 14.6 Å². The number of hydrogen-bond donors (Lipinski definition) is 1. The summed E-state index contributed by atoms with van der Waals surface area (Å²) < 4.78 is 10.4. The zero-order valence-corrected chi connectivity index (χ0v) is 10.6. The standard InChI is InChI=1S/C13H16O5/c1-4-17-11-7-9(12(14)15)5-6-10(11)18-13(16)8(2)3/h5-8H,4H2,1-3H3,(H,14,15). The van der Waals surface area contributed by atoms with Crippen LogP contribution >= 0.6 is 0 Å². The van der Waals surface area contributed by atoms with Crippen LogP contribution in [0.1, 0.15) is 31.1 Å². The smallest absolute Gasteiger partial charge is 0.335 e. The first kappa shape index (κ1) is 14.0. The summed E-state index contributed by atoms with van der Waals surface area (Å²) in [6, 6.07) is 4.14.